The maximum Gasteiger partial charge on any atom is 0.0824 e. The fourth-order valence-electron chi connectivity index (χ4n) is 7.02. The minimum absolute atomic E-state index is 0.319. The van der Waals surface area contributed by atoms with E-state index < -0.39 is 5.60 Å². The monoisotopic (exact) mass is 623 g/mol. The molecule has 0 fully saturated rings. The third-order valence-electron chi connectivity index (χ3n) is 9.28. The van der Waals surface area contributed by atoms with E-state index in [-0.39, 0.29) is 5.60 Å². The molecule has 3 unspecified atom stereocenters. The van der Waals surface area contributed by atoms with Crippen LogP contribution < -0.4 is 0 Å². The first-order valence-electron chi connectivity index (χ1n) is 18.2. The SMILES string of the molecule is C=C(CC/C=C(\C)CCC=C(C)C)CCC1C=C(CC/C=C(\C)CCC=C(C)C)CC(CC(C)C)C1C(C)(C)OCC(C)(C)O. The molecule has 0 bridgehead atoms. The highest BCUT2D eigenvalue weighted by Gasteiger charge is 2.44. The number of allylic oxidation sites excluding steroid dienone is 11. The van der Waals surface area contributed by atoms with Gasteiger partial charge in [0.05, 0.1) is 17.8 Å². The Morgan fingerprint density at radius 3 is 1.89 bits per heavy atom. The van der Waals surface area contributed by atoms with Crippen LogP contribution in [0.2, 0.25) is 0 Å². The molecule has 1 N–H and O–H groups in total. The Balaban J connectivity index is 3.12. The molecule has 0 aromatic carbocycles. The summed E-state index contributed by atoms with van der Waals surface area (Å²) < 4.78 is 6.59. The molecular weight excluding hydrogens is 548 g/mol. The fourth-order valence-corrected chi connectivity index (χ4v) is 7.02. The van der Waals surface area contributed by atoms with Crippen molar-refractivity contribution < 1.29 is 9.84 Å². The summed E-state index contributed by atoms with van der Waals surface area (Å²) in [6.45, 7) is 31.2. The summed E-state index contributed by atoms with van der Waals surface area (Å²) in [5.41, 5.74) is 7.66. The molecule has 2 heteroatoms. The van der Waals surface area contributed by atoms with E-state index in [1.807, 2.05) is 13.8 Å². The van der Waals surface area contributed by atoms with Crippen LogP contribution in [-0.2, 0) is 4.74 Å². The van der Waals surface area contributed by atoms with Crippen LogP contribution in [0.4, 0.5) is 0 Å². The van der Waals surface area contributed by atoms with Crippen LogP contribution in [0.1, 0.15) is 160 Å². The van der Waals surface area contributed by atoms with E-state index in [0.29, 0.717) is 30.3 Å². The quantitative estimate of drug-likeness (QED) is 0.129. The molecule has 258 valence electrons. The van der Waals surface area contributed by atoms with Crippen molar-refractivity contribution in [3.63, 3.8) is 0 Å². The van der Waals surface area contributed by atoms with Crippen LogP contribution in [0.5, 0.6) is 0 Å². The van der Waals surface area contributed by atoms with E-state index in [1.165, 1.54) is 34.3 Å². The predicted molar refractivity (Wildman–Crippen MR) is 201 cm³/mol. The van der Waals surface area contributed by atoms with Crippen LogP contribution in [0.25, 0.3) is 0 Å². The van der Waals surface area contributed by atoms with Gasteiger partial charge in [-0.3, -0.25) is 0 Å². The summed E-state index contributed by atoms with van der Waals surface area (Å²) in [6, 6.07) is 0. The molecule has 0 spiro atoms. The van der Waals surface area contributed by atoms with Gasteiger partial charge in [0.25, 0.3) is 0 Å². The van der Waals surface area contributed by atoms with E-state index in [4.69, 9.17) is 4.74 Å². The molecule has 1 aliphatic rings. The van der Waals surface area contributed by atoms with Crippen LogP contribution in [-0.4, -0.2) is 22.9 Å². The molecule has 0 saturated heterocycles. The normalized spacial score (nSPS) is 19.9. The predicted octanol–water partition coefficient (Wildman–Crippen LogP) is 13.1. The summed E-state index contributed by atoms with van der Waals surface area (Å²) in [4.78, 5) is 0. The zero-order valence-electron chi connectivity index (χ0n) is 32.0. The average molecular weight is 623 g/mol. The Labute approximate surface area is 281 Å². The van der Waals surface area contributed by atoms with Gasteiger partial charge < -0.3 is 9.84 Å². The number of hydrogen-bond acceptors (Lipinski definition) is 2. The largest absolute Gasteiger partial charge is 0.388 e. The molecule has 0 radical (unpaired) electrons. The Hall–Kier alpha value is -1.64. The van der Waals surface area contributed by atoms with Crippen molar-refractivity contribution >= 4 is 0 Å². The third-order valence-corrected chi connectivity index (χ3v) is 9.28. The minimum atomic E-state index is -0.836. The van der Waals surface area contributed by atoms with Gasteiger partial charge in [-0.2, -0.15) is 0 Å². The second-order valence-corrected chi connectivity index (χ2v) is 16.4. The second kappa shape index (κ2) is 20.6. The lowest BCUT2D eigenvalue weighted by Gasteiger charge is -2.47. The highest BCUT2D eigenvalue weighted by Crippen LogP contribution is 2.47. The maximum absolute atomic E-state index is 10.5. The van der Waals surface area contributed by atoms with Crippen molar-refractivity contribution in [1.82, 2.24) is 0 Å². The van der Waals surface area contributed by atoms with Gasteiger partial charge in [-0.25, -0.2) is 0 Å². The molecule has 3 atom stereocenters. The number of hydrogen-bond donors (Lipinski definition) is 1. The zero-order chi connectivity index (χ0) is 34.2. The van der Waals surface area contributed by atoms with Crippen LogP contribution >= 0.6 is 0 Å². The van der Waals surface area contributed by atoms with Gasteiger partial charge >= 0.3 is 0 Å². The first-order chi connectivity index (χ1) is 20.9. The van der Waals surface area contributed by atoms with Crippen LogP contribution in [0, 0.1) is 23.7 Å². The number of aliphatic hydroxyl groups is 1. The first-order valence-corrected chi connectivity index (χ1v) is 18.2. The van der Waals surface area contributed by atoms with Gasteiger partial charge in [-0.05, 0) is 170 Å². The lowest BCUT2D eigenvalue weighted by molar-refractivity contribution is -0.138. The fraction of sp³-hybridized carbons (Fsp3) is 0.721. The van der Waals surface area contributed by atoms with Gasteiger partial charge in [0.1, 0.15) is 0 Å². The molecule has 0 heterocycles. The molecule has 1 aliphatic carbocycles. The molecule has 1 rings (SSSR count). The van der Waals surface area contributed by atoms with E-state index in [2.05, 4.69) is 106 Å². The van der Waals surface area contributed by atoms with Crippen molar-refractivity contribution in [2.24, 2.45) is 23.7 Å². The third kappa shape index (κ3) is 18.9. The summed E-state index contributed by atoms with van der Waals surface area (Å²) in [7, 11) is 0. The van der Waals surface area contributed by atoms with E-state index >= 15 is 0 Å². The van der Waals surface area contributed by atoms with Crippen molar-refractivity contribution in [3.8, 4) is 0 Å². The second-order valence-electron chi connectivity index (χ2n) is 16.4. The lowest BCUT2D eigenvalue weighted by atomic mass is 9.62. The number of ether oxygens (including phenoxy) is 1. The number of rotatable bonds is 21. The van der Waals surface area contributed by atoms with Crippen molar-refractivity contribution in [3.05, 3.63) is 70.4 Å². The smallest absolute Gasteiger partial charge is 0.0824 e. The molecule has 0 aromatic rings. The highest BCUT2D eigenvalue weighted by molar-refractivity contribution is 5.17. The molecule has 0 aliphatic heterocycles. The average Bonchev–Trinajstić information content (AvgIpc) is 2.89. The van der Waals surface area contributed by atoms with Crippen molar-refractivity contribution in [2.75, 3.05) is 6.61 Å². The topological polar surface area (TPSA) is 29.5 Å². The Morgan fingerprint density at radius 1 is 0.844 bits per heavy atom. The minimum Gasteiger partial charge on any atom is -0.388 e. The van der Waals surface area contributed by atoms with Crippen LogP contribution in [0.15, 0.2) is 70.4 Å². The first kappa shape index (κ1) is 41.4. The Morgan fingerprint density at radius 2 is 1.38 bits per heavy atom. The molecular formula is C43H74O2. The summed E-state index contributed by atoms with van der Waals surface area (Å²) in [6.07, 6.45) is 25.8. The molecule has 0 amide bonds. The molecule has 0 aromatic heterocycles. The lowest BCUT2D eigenvalue weighted by Crippen LogP contribution is -2.47. The van der Waals surface area contributed by atoms with Crippen molar-refractivity contribution in [2.45, 2.75) is 171 Å². The summed E-state index contributed by atoms with van der Waals surface area (Å²) in [5.74, 6) is 2.09. The van der Waals surface area contributed by atoms with Gasteiger partial charge in [0, 0.05) is 0 Å². The van der Waals surface area contributed by atoms with Gasteiger partial charge in [-0.1, -0.05) is 84.2 Å². The Kier molecular flexibility index (Phi) is 18.9. The standard InChI is InChI=1S/C43H74O2/c1-32(2)18-14-20-35(7)22-16-23-37(9)26-27-39-29-38(25-17-24-36(8)21-15-19-33(3)4)30-40(28-34(5)6)41(39)43(12,13)45-31-42(10,11)44/h18-19,22,24,29,34,39-41,44H,9,14-17,20-21,23,25-28,30-31H2,1-8,10-13H3/b35-22+,36-24+. The van der Waals surface area contributed by atoms with E-state index in [1.54, 1.807) is 5.57 Å². The Bertz CT molecular complexity index is 1030. The van der Waals surface area contributed by atoms with Gasteiger partial charge in [-0.15, -0.1) is 0 Å². The summed E-state index contributed by atoms with van der Waals surface area (Å²) >= 11 is 0. The molecule has 45 heavy (non-hydrogen) atoms. The zero-order valence-corrected chi connectivity index (χ0v) is 32.0. The van der Waals surface area contributed by atoms with Gasteiger partial charge in [0.15, 0.2) is 0 Å². The van der Waals surface area contributed by atoms with E-state index in [9.17, 15) is 5.11 Å². The van der Waals surface area contributed by atoms with Crippen LogP contribution in [0.3, 0.4) is 0 Å². The molecule has 0 saturated carbocycles. The van der Waals surface area contributed by atoms with E-state index in [0.717, 1.165) is 70.6 Å². The van der Waals surface area contributed by atoms with Gasteiger partial charge in [0.2, 0.25) is 0 Å². The molecule has 2 nitrogen and oxygen atoms in total. The van der Waals surface area contributed by atoms with Crippen molar-refractivity contribution in [1.29, 1.82) is 0 Å². The highest BCUT2D eigenvalue weighted by atomic mass is 16.5. The maximum atomic E-state index is 10.5. The summed E-state index contributed by atoms with van der Waals surface area (Å²) in [5, 5.41) is 10.5.